The van der Waals surface area contributed by atoms with Crippen LogP contribution in [-0.2, 0) is 14.6 Å². The van der Waals surface area contributed by atoms with Crippen LogP contribution in [0.15, 0.2) is 58.8 Å². The molecule has 1 heterocycles. The molecule has 0 aliphatic rings. The Balaban J connectivity index is 1.55. The van der Waals surface area contributed by atoms with Crippen molar-refractivity contribution in [2.45, 2.75) is 24.7 Å². The van der Waals surface area contributed by atoms with Crippen molar-refractivity contribution < 1.29 is 22.7 Å². The van der Waals surface area contributed by atoms with Crippen LogP contribution in [-0.4, -0.2) is 38.8 Å². The van der Waals surface area contributed by atoms with E-state index in [4.69, 9.17) is 9.47 Å². The van der Waals surface area contributed by atoms with Gasteiger partial charge in [-0.1, -0.05) is 6.92 Å². The first-order valence-electron chi connectivity index (χ1n) is 9.76. The van der Waals surface area contributed by atoms with Crippen LogP contribution in [0.2, 0.25) is 0 Å². The molecule has 1 N–H and O–H groups in total. The van der Waals surface area contributed by atoms with Gasteiger partial charge in [-0.25, -0.2) is 13.4 Å². The number of rotatable bonds is 10. The molecule has 2 aromatic carbocycles. The van der Waals surface area contributed by atoms with Crippen LogP contribution in [0.3, 0.4) is 0 Å². The normalized spacial score (nSPS) is 11.2. The highest BCUT2D eigenvalue weighted by Crippen LogP contribution is 2.27. The van der Waals surface area contributed by atoms with Gasteiger partial charge in [0.05, 0.1) is 30.1 Å². The highest BCUT2D eigenvalue weighted by Gasteiger charge is 2.17. The number of carbonyl (C=O) groups is 1. The molecule has 3 aromatic rings. The highest BCUT2D eigenvalue weighted by atomic mass is 32.2. The maximum atomic E-state index is 12.4. The number of nitrogens with zero attached hydrogens (tertiary/aromatic N) is 1. The average Bonchev–Trinajstić information content (AvgIpc) is 3.25. The van der Waals surface area contributed by atoms with Crippen molar-refractivity contribution >= 4 is 32.2 Å². The van der Waals surface area contributed by atoms with Gasteiger partial charge in [0, 0.05) is 17.4 Å². The molecule has 0 saturated carbocycles. The maximum Gasteiger partial charge on any atom is 0.227 e. The van der Waals surface area contributed by atoms with E-state index in [2.05, 4.69) is 10.3 Å². The lowest BCUT2D eigenvalue weighted by molar-refractivity contribution is -0.115. The van der Waals surface area contributed by atoms with Crippen LogP contribution >= 0.6 is 11.3 Å². The van der Waals surface area contributed by atoms with Gasteiger partial charge in [-0.15, -0.1) is 11.3 Å². The lowest BCUT2D eigenvalue weighted by Gasteiger charge is -2.06. The standard InChI is InChI=1S/C22H24N2O5S2/c1-3-13-29-18-6-4-16(5-7-18)20-15-30-22(23-20)24-21(25)12-14-31(26,27)19-10-8-17(28-2)9-11-19/h4-11,15H,3,12-14H2,1-2H3,(H,23,24,25). The third kappa shape index (κ3) is 6.28. The zero-order valence-electron chi connectivity index (χ0n) is 17.3. The molecule has 0 atom stereocenters. The minimum Gasteiger partial charge on any atom is -0.497 e. The van der Waals surface area contributed by atoms with Crippen LogP contribution in [0.25, 0.3) is 11.3 Å². The summed E-state index contributed by atoms with van der Waals surface area (Å²) >= 11 is 1.29. The molecular weight excluding hydrogens is 436 g/mol. The van der Waals surface area contributed by atoms with Crippen LogP contribution < -0.4 is 14.8 Å². The van der Waals surface area contributed by atoms with E-state index in [9.17, 15) is 13.2 Å². The van der Waals surface area contributed by atoms with Crippen molar-refractivity contribution in [2.24, 2.45) is 0 Å². The number of sulfone groups is 1. The number of hydrogen-bond acceptors (Lipinski definition) is 7. The second kappa shape index (κ2) is 10.4. The average molecular weight is 461 g/mol. The van der Waals surface area contributed by atoms with Crippen molar-refractivity contribution in [2.75, 3.05) is 24.8 Å². The molecular formula is C22H24N2O5S2. The van der Waals surface area contributed by atoms with Gasteiger partial charge in [0.15, 0.2) is 15.0 Å². The Morgan fingerprint density at radius 3 is 2.39 bits per heavy atom. The first-order valence-corrected chi connectivity index (χ1v) is 12.3. The van der Waals surface area contributed by atoms with E-state index in [1.807, 2.05) is 36.6 Å². The van der Waals surface area contributed by atoms with E-state index in [1.54, 1.807) is 12.1 Å². The number of carbonyl (C=O) groups excluding carboxylic acids is 1. The summed E-state index contributed by atoms with van der Waals surface area (Å²) in [6.07, 6.45) is 0.783. The zero-order chi connectivity index (χ0) is 22.3. The predicted octanol–water partition coefficient (Wildman–Crippen LogP) is 4.41. The highest BCUT2D eigenvalue weighted by molar-refractivity contribution is 7.91. The van der Waals surface area contributed by atoms with Gasteiger partial charge >= 0.3 is 0 Å². The summed E-state index contributed by atoms with van der Waals surface area (Å²) in [5.74, 6) is 0.677. The fraction of sp³-hybridized carbons (Fsp3) is 0.273. The molecule has 0 spiro atoms. The van der Waals surface area contributed by atoms with Crippen molar-refractivity contribution in [3.63, 3.8) is 0 Å². The first kappa shape index (κ1) is 22.8. The third-order valence-electron chi connectivity index (χ3n) is 4.39. The molecule has 164 valence electrons. The molecule has 0 unspecified atom stereocenters. The molecule has 9 heteroatoms. The Morgan fingerprint density at radius 2 is 1.74 bits per heavy atom. The van der Waals surface area contributed by atoms with E-state index >= 15 is 0 Å². The van der Waals surface area contributed by atoms with Gasteiger partial charge < -0.3 is 14.8 Å². The number of amides is 1. The minimum atomic E-state index is -3.57. The number of thiazole rings is 1. The molecule has 1 amide bonds. The van der Waals surface area contributed by atoms with Crippen molar-refractivity contribution in [1.82, 2.24) is 4.98 Å². The smallest absolute Gasteiger partial charge is 0.227 e. The van der Waals surface area contributed by atoms with Gasteiger partial charge in [-0.05, 0) is 55.0 Å². The number of methoxy groups -OCH3 is 1. The molecule has 31 heavy (non-hydrogen) atoms. The maximum absolute atomic E-state index is 12.4. The third-order valence-corrected chi connectivity index (χ3v) is 6.88. The molecule has 0 saturated heterocycles. The van der Waals surface area contributed by atoms with Gasteiger partial charge in [0.1, 0.15) is 11.5 Å². The van der Waals surface area contributed by atoms with Crippen LogP contribution in [0.4, 0.5) is 5.13 Å². The van der Waals surface area contributed by atoms with Gasteiger partial charge in [0.25, 0.3) is 0 Å². The van der Waals surface area contributed by atoms with Crippen molar-refractivity contribution in [3.8, 4) is 22.8 Å². The number of benzene rings is 2. The summed E-state index contributed by atoms with van der Waals surface area (Å²) in [7, 11) is -2.06. The second-order valence-electron chi connectivity index (χ2n) is 6.70. The zero-order valence-corrected chi connectivity index (χ0v) is 19.0. The summed E-state index contributed by atoms with van der Waals surface area (Å²) in [5, 5.41) is 4.94. The topological polar surface area (TPSA) is 94.6 Å². The second-order valence-corrected chi connectivity index (χ2v) is 9.67. The Kier molecular flexibility index (Phi) is 7.64. The van der Waals surface area contributed by atoms with Crippen molar-refractivity contribution in [3.05, 3.63) is 53.9 Å². The summed E-state index contributed by atoms with van der Waals surface area (Å²) in [5.41, 5.74) is 1.64. The lowest BCUT2D eigenvalue weighted by atomic mass is 10.2. The Morgan fingerprint density at radius 1 is 1.06 bits per heavy atom. The van der Waals surface area contributed by atoms with Gasteiger partial charge in [-0.3, -0.25) is 4.79 Å². The largest absolute Gasteiger partial charge is 0.497 e. The lowest BCUT2D eigenvalue weighted by Crippen LogP contribution is -2.17. The van der Waals surface area contributed by atoms with Crippen LogP contribution in [0, 0.1) is 0 Å². The molecule has 0 fully saturated rings. The summed E-state index contributed by atoms with van der Waals surface area (Å²) in [4.78, 5) is 16.8. The number of aromatic nitrogens is 1. The number of ether oxygens (including phenoxy) is 2. The number of hydrogen-bond donors (Lipinski definition) is 1. The summed E-state index contributed by atoms with van der Waals surface area (Å²) in [6.45, 7) is 2.72. The molecule has 0 bridgehead atoms. The Labute approximate surface area is 186 Å². The SMILES string of the molecule is CCCOc1ccc(-c2csc(NC(=O)CCS(=O)(=O)c3ccc(OC)cc3)n2)cc1. The predicted molar refractivity (Wildman–Crippen MR) is 122 cm³/mol. The fourth-order valence-electron chi connectivity index (χ4n) is 2.72. The molecule has 0 aliphatic carbocycles. The fourth-order valence-corrected chi connectivity index (χ4v) is 4.69. The van der Waals surface area contributed by atoms with E-state index in [1.165, 1.54) is 30.6 Å². The summed E-state index contributed by atoms with van der Waals surface area (Å²) < 4.78 is 35.5. The van der Waals surface area contributed by atoms with E-state index in [0.717, 1.165) is 23.4 Å². The quantitative estimate of drug-likeness (QED) is 0.482. The van der Waals surface area contributed by atoms with Crippen molar-refractivity contribution in [1.29, 1.82) is 0 Å². The molecule has 0 radical (unpaired) electrons. The monoisotopic (exact) mass is 460 g/mol. The number of nitrogens with one attached hydrogen (secondary N) is 1. The minimum absolute atomic E-state index is 0.156. The molecule has 1 aromatic heterocycles. The first-order chi connectivity index (χ1) is 14.9. The Hall–Kier alpha value is -2.91. The molecule has 0 aliphatic heterocycles. The van der Waals surface area contributed by atoms with Crippen LogP contribution in [0.1, 0.15) is 19.8 Å². The van der Waals surface area contributed by atoms with Crippen LogP contribution in [0.5, 0.6) is 11.5 Å². The summed E-state index contributed by atoms with van der Waals surface area (Å²) in [6, 6.07) is 13.7. The van der Waals surface area contributed by atoms with E-state index in [0.29, 0.717) is 17.5 Å². The Bertz CT molecular complexity index is 1110. The van der Waals surface area contributed by atoms with Gasteiger partial charge in [-0.2, -0.15) is 0 Å². The molecule has 7 nitrogen and oxygen atoms in total. The number of anilines is 1. The van der Waals surface area contributed by atoms with E-state index in [-0.39, 0.29) is 17.1 Å². The van der Waals surface area contributed by atoms with Gasteiger partial charge in [0.2, 0.25) is 5.91 Å². The molecule has 3 rings (SSSR count). The van der Waals surface area contributed by atoms with E-state index < -0.39 is 15.7 Å².